The van der Waals surface area contributed by atoms with Crippen LogP contribution in [-0.2, 0) is 20.9 Å². The van der Waals surface area contributed by atoms with Crippen LogP contribution >= 0.6 is 0 Å². The summed E-state index contributed by atoms with van der Waals surface area (Å²) in [6.45, 7) is 1.78. The number of amides is 1. The van der Waals surface area contributed by atoms with Crippen molar-refractivity contribution in [1.82, 2.24) is 4.90 Å². The number of rotatable bonds is 8. The third kappa shape index (κ3) is 4.29. The van der Waals surface area contributed by atoms with E-state index in [-0.39, 0.29) is 13.0 Å². The maximum atomic E-state index is 12.0. The van der Waals surface area contributed by atoms with Crippen LogP contribution in [0.25, 0.3) is 0 Å². The van der Waals surface area contributed by atoms with Crippen molar-refractivity contribution in [2.24, 2.45) is 5.41 Å². The summed E-state index contributed by atoms with van der Waals surface area (Å²) in [5.41, 5.74) is -0.887. The Morgan fingerprint density at radius 3 is 2.36 bits per heavy atom. The topological polar surface area (TPSA) is 87.1 Å². The number of aliphatic hydroxyl groups is 1. The highest BCUT2D eigenvalue weighted by atomic mass is 16.5. The number of hydrogen-bond donors (Lipinski definition) is 2. The lowest BCUT2D eigenvalue weighted by molar-refractivity contribution is -0.167. The van der Waals surface area contributed by atoms with E-state index in [1.165, 1.54) is 25.9 Å². The fourth-order valence-electron chi connectivity index (χ4n) is 2.09. The van der Waals surface area contributed by atoms with Crippen molar-refractivity contribution < 1.29 is 24.5 Å². The van der Waals surface area contributed by atoms with Crippen LogP contribution in [0.15, 0.2) is 30.3 Å². The second-order valence-corrected chi connectivity index (χ2v) is 5.55. The zero-order chi connectivity index (χ0) is 16.8. The van der Waals surface area contributed by atoms with Gasteiger partial charge in [0.2, 0.25) is 5.91 Å². The van der Waals surface area contributed by atoms with Crippen LogP contribution < -0.4 is 0 Å². The van der Waals surface area contributed by atoms with Crippen LogP contribution in [0.2, 0.25) is 0 Å². The molecule has 0 fully saturated rings. The molecule has 6 nitrogen and oxygen atoms in total. The summed E-state index contributed by atoms with van der Waals surface area (Å²) in [6, 6.07) is 9.51. The molecule has 1 unspecified atom stereocenters. The molecule has 0 aliphatic heterocycles. The molecule has 6 heteroatoms. The average molecular weight is 309 g/mol. The summed E-state index contributed by atoms with van der Waals surface area (Å²) in [7, 11) is 2.92. The Morgan fingerprint density at radius 2 is 1.86 bits per heavy atom. The monoisotopic (exact) mass is 309 g/mol. The fraction of sp³-hybridized carbons (Fsp3) is 0.500. The maximum absolute atomic E-state index is 12.0. The maximum Gasteiger partial charge on any atom is 0.321 e. The van der Waals surface area contributed by atoms with Gasteiger partial charge in [0, 0.05) is 20.7 Å². The standard InChI is InChI=1S/C16H23NO5/c1-16(15(20)21,14(19)17(2)3)13(18)9-10-22-11-12-7-5-4-6-8-12/h4-8,13,18H,9-11H2,1-3H3,(H,20,21)/t13-,16?/m0/s1. The smallest absolute Gasteiger partial charge is 0.321 e. The van der Waals surface area contributed by atoms with Crippen molar-refractivity contribution in [2.75, 3.05) is 20.7 Å². The molecule has 0 radical (unpaired) electrons. The summed E-state index contributed by atoms with van der Waals surface area (Å²) in [6.07, 6.45) is -1.26. The third-order valence-electron chi connectivity index (χ3n) is 3.61. The summed E-state index contributed by atoms with van der Waals surface area (Å²) in [5.74, 6) is -1.99. The highest BCUT2D eigenvalue weighted by Crippen LogP contribution is 2.26. The number of aliphatic hydroxyl groups excluding tert-OH is 1. The zero-order valence-electron chi connectivity index (χ0n) is 13.2. The average Bonchev–Trinajstić information content (AvgIpc) is 2.50. The second-order valence-electron chi connectivity index (χ2n) is 5.55. The summed E-state index contributed by atoms with van der Waals surface area (Å²) in [5, 5.41) is 19.5. The number of aliphatic carboxylic acids is 1. The zero-order valence-corrected chi connectivity index (χ0v) is 13.2. The SMILES string of the molecule is CN(C)C(=O)C(C)(C(=O)O)[C@@H](O)CCOCc1ccccc1. The van der Waals surface area contributed by atoms with E-state index in [2.05, 4.69) is 0 Å². The third-order valence-corrected chi connectivity index (χ3v) is 3.61. The molecule has 0 bridgehead atoms. The minimum atomic E-state index is -1.88. The van der Waals surface area contributed by atoms with Crippen LogP contribution in [0.3, 0.4) is 0 Å². The minimum Gasteiger partial charge on any atom is -0.480 e. The van der Waals surface area contributed by atoms with E-state index in [1.807, 2.05) is 30.3 Å². The number of carbonyl (C=O) groups excluding carboxylic acids is 1. The van der Waals surface area contributed by atoms with Crippen LogP contribution in [-0.4, -0.2) is 53.8 Å². The lowest BCUT2D eigenvalue weighted by atomic mass is 9.81. The first kappa shape index (κ1) is 18.1. The largest absolute Gasteiger partial charge is 0.480 e. The van der Waals surface area contributed by atoms with E-state index in [0.717, 1.165) is 5.56 Å². The van der Waals surface area contributed by atoms with Crippen LogP contribution in [0, 0.1) is 5.41 Å². The van der Waals surface area contributed by atoms with Gasteiger partial charge in [0.1, 0.15) is 0 Å². The molecule has 0 saturated carbocycles. The predicted octanol–water partition coefficient (Wildman–Crippen LogP) is 1.13. The van der Waals surface area contributed by atoms with E-state index in [1.54, 1.807) is 0 Å². The van der Waals surface area contributed by atoms with Crippen molar-refractivity contribution in [3.8, 4) is 0 Å². The Labute approximate surface area is 130 Å². The van der Waals surface area contributed by atoms with Gasteiger partial charge in [0.25, 0.3) is 0 Å². The van der Waals surface area contributed by atoms with E-state index in [0.29, 0.717) is 6.61 Å². The van der Waals surface area contributed by atoms with E-state index in [9.17, 15) is 19.8 Å². The van der Waals surface area contributed by atoms with Crippen molar-refractivity contribution in [1.29, 1.82) is 0 Å². The fourth-order valence-corrected chi connectivity index (χ4v) is 2.09. The molecule has 1 aromatic rings. The molecule has 2 N–H and O–H groups in total. The Kier molecular flexibility index (Phi) is 6.52. The van der Waals surface area contributed by atoms with Gasteiger partial charge < -0.3 is 19.8 Å². The number of carboxylic acids is 1. The number of ether oxygens (including phenoxy) is 1. The van der Waals surface area contributed by atoms with Gasteiger partial charge in [-0.1, -0.05) is 30.3 Å². The van der Waals surface area contributed by atoms with Gasteiger partial charge in [-0.3, -0.25) is 9.59 Å². The summed E-state index contributed by atoms with van der Waals surface area (Å²) >= 11 is 0. The first-order valence-corrected chi connectivity index (χ1v) is 7.05. The molecule has 2 atom stereocenters. The molecule has 0 heterocycles. The summed E-state index contributed by atoms with van der Waals surface area (Å²) < 4.78 is 5.43. The van der Waals surface area contributed by atoms with Crippen molar-refractivity contribution >= 4 is 11.9 Å². The molecule has 0 aromatic heterocycles. The number of carboxylic acid groups (broad SMARTS) is 1. The molecule has 0 aliphatic carbocycles. The number of benzene rings is 1. The molecular weight excluding hydrogens is 286 g/mol. The van der Waals surface area contributed by atoms with Gasteiger partial charge in [0.15, 0.2) is 5.41 Å². The van der Waals surface area contributed by atoms with Gasteiger partial charge in [-0.05, 0) is 18.9 Å². The van der Waals surface area contributed by atoms with E-state index >= 15 is 0 Å². The quantitative estimate of drug-likeness (QED) is 0.555. The van der Waals surface area contributed by atoms with Gasteiger partial charge >= 0.3 is 5.97 Å². The number of carbonyl (C=O) groups is 2. The lowest BCUT2D eigenvalue weighted by Gasteiger charge is -2.31. The van der Waals surface area contributed by atoms with Gasteiger partial charge in [-0.25, -0.2) is 0 Å². The highest BCUT2D eigenvalue weighted by molar-refractivity contribution is 6.02. The second kappa shape index (κ2) is 7.91. The first-order valence-electron chi connectivity index (χ1n) is 7.05. The molecule has 0 saturated heterocycles. The Morgan fingerprint density at radius 1 is 1.27 bits per heavy atom. The number of nitrogens with zero attached hydrogens (tertiary/aromatic N) is 1. The first-order chi connectivity index (χ1) is 10.3. The lowest BCUT2D eigenvalue weighted by Crippen LogP contribution is -2.51. The molecule has 1 rings (SSSR count). The molecule has 1 aromatic carbocycles. The van der Waals surface area contributed by atoms with Crippen molar-refractivity contribution in [3.63, 3.8) is 0 Å². The Bertz CT molecular complexity index is 503. The van der Waals surface area contributed by atoms with Gasteiger partial charge in [0.05, 0.1) is 12.7 Å². The van der Waals surface area contributed by atoms with Crippen LogP contribution in [0.1, 0.15) is 18.9 Å². The molecule has 22 heavy (non-hydrogen) atoms. The van der Waals surface area contributed by atoms with Crippen molar-refractivity contribution in [3.05, 3.63) is 35.9 Å². The van der Waals surface area contributed by atoms with Crippen molar-refractivity contribution in [2.45, 2.75) is 26.1 Å². The highest BCUT2D eigenvalue weighted by Gasteiger charge is 2.48. The van der Waals surface area contributed by atoms with Crippen LogP contribution in [0.5, 0.6) is 0 Å². The predicted molar refractivity (Wildman–Crippen MR) is 81.2 cm³/mol. The van der Waals surface area contributed by atoms with Gasteiger partial charge in [-0.2, -0.15) is 0 Å². The normalized spacial score (nSPS) is 14.9. The minimum absolute atomic E-state index is 0.0647. The molecule has 122 valence electrons. The molecular formula is C16H23NO5. The number of hydrogen-bond acceptors (Lipinski definition) is 4. The Balaban J connectivity index is 2.56. The van der Waals surface area contributed by atoms with Crippen LogP contribution in [0.4, 0.5) is 0 Å². The van der Waals surface area contributed by atoms with Gasteiger partial charge in [-0.15, -0.1) is 0 Å². The molecule has 0 spiro atoms. The Hall–Kier alpha value is -1.92. The summed E-state index contributed by atoms with van der Waals surface area (Å²) in [4.78, 5) is 24.6. The van der Waals surface area contributed by atoms with E-state index in [4.69, 9.17) is 4.74 Å². The molecule has 1 amide bonds. The molecule has 0 aliphatic rings. The van der Waals surface area contributed by atoms with E-state index < -0.39 is 23.4 Å².